The van der Waals surface area contributed by atoms with E-state index in [1.165, 1.54) is 0 Å². The van der Waals surface area contributed by atoms with Crippen LogP contribution in [0.3, 0.4) is 0 Å². The zero-order valence-electron chi connectivity index (χ0n) is 11.5. The van der Waals surface area contributed by atoms with E-state index < -0.39 is 17.4 Å². The van der Waals surface area contributed by atoms with E-state index in [9.17, 15) is 14.7 Å². The van der Waals surface area contributed by atoms with Gasteiger partial charge in [-0.3, -0.25) is 9.78 Å². The van der Waals surface area contributed by atoms with Gasteiger partial charge in [0.1, 0.15) is 0 Å². The molecule has 0 aromatic carbocycles. The van der Waals surface area contributed by atoms with E-state index in [-0.39, 0.29) is 6.54 Å². The fourth-order valence-electron chi connectivity index (χ4n) is 2.55. The summed E-state index contributed by atoms with van der Waals surface area (Å²) in [6, 6.07) is 3.09. The Morgan fingerprint density at radius 1 is 1.40 bits per heavy atom. The van der Waals surface area contributed by atoms with Crippen molar-refractivity contribution in [1.82, 2.24) is 10.3 Å². The van der Waals surface area contributed by atoms with Crippen molar-refractivity contribution < 1.29 is 14.7 Å². The molecule has 1 aliphatic carbocycles. The van der Waals surface area contributed by atoms with Crippen LogP contribution in [-0.2, 0) is 4.79 Å². The molecule has 1 fully saturated rings. The van der Waals surface area contributed by atoms with E-state index in [0.29, 0.717) is 18.5 Å². The average Bonchev–Trinajstić information content (AvgIpc) is 2.89. The third kappa shape index (κ3) is 3.07. The van der Waals surface area contributed by atoms with Crippen molar-refractivity contribution in [1.29, 1.82) is 0 Å². The second kappa shape index (κ2) is 5.90. The molecule has 0 bridgehead atoms. The molecule has 6 heteroatoms. The molecular weight excluding hydrogens is 258 g/mol. The highest BCUT2D eigenvalue weighted by Gasteiger charge is 2.41. The van der Waals surface area contributed by atoms with Crippen molar-refractivity contribution in [3.8, 4) is 0 Å². The largest absolute Gasteiger partial charge is 0.481 e. The van der Waals surface area contributed by atoms with Gasteiger partial charge in [0, 0.05) is 12.7 Å². The SMILES string of the molecule is Cc1ncccc1NC(=O)NCC1(C(=O)O)CCCC1. The highest BCUT2D eigenvalue weighted by atomic mass is 16.4. The number of aryl methyl sites for hydroxylation is 1. The van der Waals surface area contributed by atoms with Crippen LogP contribution in [0.4, 0.5) is 10.5 Å². The Morgan fingerprint density at radius 3 is 2.70 bits per heavy atom. The lowest BCUT2D eigenvalue weighted by atomic mass is 9.86. The Kier molecular flexibility index (Phi) is 4.22. The molecule has 1 aromatic heterocycles. The van der Waals surface area contributed by atoms with Gasteiger partial charge in [0.15, 0.2) is 0 Å². The first-order chi connectivity index (χ1) is 9.53. The highest BCUT2D eigenvalue weighted by Crippen LogP contribution is 2.37. The molecule has 0 spiro atoms. The van der Waals surface area contributed by atoms with Gasteiger partial charge in [0.05, 0.1) is 16.8 Å². The van der Waals surface area contributed by atoms with Gasteiger partial charge < -0.3 is 15.7 Å². The van der Waals surface area contributed by atoms with Gasteiger partial charge >= 0.3 is 12.0 Å². The van der Waals surface area contributed by atoms with E-state index >= 15 is 0 Å². The average molecular weight is 277 g/mol. The molecule has 1 saturated carbocycles. The Hall–Kier alpha value is -2.11. The van der Waals surface area contributed by atoms with Gasteiger partial charge in [-0.25, -0.2) is 4.79 Å². The Bertz CT molecular complexity index is 510. The Balaban J connectivity index is 1.92. The number of anilines is 1. The molecule has 2 rings (SSSR count). The fourth-order valence-corrected chi connectivity index (χ4v) is 2.55. The monoisotopic (exact) mass is 277 g/mol. The van der Waals surface area contributed by atoms with E-state index in [0.717, 1.165) is 18.5 Å². The first kappa shape index (κ1) is 14.3. The van der Waals surface area contributed by atoms with Crippen LogP contribution in [0, 0.1) is 12.3 Å². The van der Waals surface area contributed by atoms with Crippen molar-refractivity contribution >= 4 is 17.7 Å². The number of carboxylic acid groups (broad SMARTS) is 1. The van der Waals surface area contributed by atoms with Crippen molar-refractivity contribution in [2.75, 3.05) is 11.9 Å². The number of hydrogen-bond acceptors (Lipinski definition) is 3. The molecule has 1 aliphatic rings. The Labute approximate surface area is 117 Å². The van der Waals surface area contributed by atoms with Crippen LogP contribution in [0.25, 0.3) is 0 Å². The summed E-state index contributed by atoms with van der Waals surface area (Å²) in [7, 11) is 0. The third-order valence-electron chi connectivity index (χ3n) is 3.86. The highest BCUT2D eigenvalue weighted by molar-refractivity contribution is 5.90. The number of pyridine rings is 1. The minimum Gasteiger partial charge on any atom is -0.481 e. The topological polar surface area (TPSA) is 91.3 Å². The molecule has 0 unspecified atom stereocenters. The summed E-state index contributed by atoms with van der Waals surface area (Å²) in [6.45, 7) is 1.96. The second-order valence-electron chi connectivity index (χ2n) is 5.24. The number of nitrogens with one attached hydrogen (secondary N) is 2. The first-order valence-corrected chi connectivity index (χ1v) is 6.73. The minimum atomic E-state index is -0.826. The maximum atomic E-state index is 11.8. The number of carboxylic acids is 1. The summed E-state index contributed by atoms with van der Waals surface area (Å²) < 4.78 is 0. The van der Waals surface area contributed by atoms with Crippen LogP contribution >= 0.6 is 0 Å². The molecule has 2 amide bonds. The summed E-state index contributed by atoms with van der Waals surface area (Å²) in [5.41, 5.74) is 0.540. The normalized spacial score (nSPS) is 16.6. The predicted molar refractivity (Wildman–Crippen MR) is 74.5 cm³/mol. The third-order valence-corrected chi connectivity index (χ3v) is 3.86. The predicted octanol–water partition coefficient (Wildman–Crippen LogP) is 2.16. The van der Waals surface area contributed by atoms with Gasteiger partial charge in [-0.2, -0.15) is 0 Å². The molecule has 1 aromatic rings. The lowest BCUT2D eigenvalue weighted by Crippen LogP contribution is -2.42. The van der Waals surface area contributed by atoms with E-state index in [1.54, 1.807) is 25.3 Å². The van der Waals surface area contributed by atoms with Crippen molar-refractivity contribution in [2.45, 2.75) is 32.6 Å². The van der Waals surface area contributed by atoms with Crippen molar-refractivity contribution in [3.05, 3.63) is 24.0 Å². The fraction of sp³-hybridized carbons (Fsp3) is 0.500. The minimum absolute atomic E-state index is 0.160. The lowest BCUT2D eigenvalue weighted by molar-refractivity contribution is -0.148. The molecule has 0 radical (unpaired) electrons. The maximum absolute atomic E-state index is 11.8. The molecule has 20 heavy (non-hydrogen) atoms. The zero-order valence-corrected chi connectivity index (χ0v) is 11.5. The van der Waals surface area contributed by atoms with Crippen LogP contribution < -0.4 is 10.6 Å². The first-order valence-electron chi connectivity index (χ1n) is 6.73. The quantitative estimate of drug-likeness (QED) is 0.786. The maximum Gasteiger partial charge on any atom is 0.319 e. The number of aliphatic carboxylic acids is 1. The molecule has 6 nitrogen and oxygen atoms in total. The number of hydrogen-bond donors (Lipinski definition) is 3. The lowest BCUT2D eigenvalue weighted by Gasteiger charge is -2.24. The summed E-state index contributed by atoms with van der Waals surface area (Å²) in [4.78, 5) is 27.3. The molecule has 108 valence electrons. The van der Waals surface area contributed by atoms with Crippen molar-refractivity contribution in [3.63, 3.8) is 0 Å². The van der Waals surface area contributed by atoms with Gasteiger partial charge in [-0.05, 0) is 31.9 Å². The summed E-state index contributed by atoms with van der Waals surface area (Å²) in [5.74, 6) is -0.826. The van der Waals surface area contributed by atoms with Crippen LogP contribution in [0.15, 0.2) is 18.3 Å². The molecule has 0 aliphatic heterocycles. The van der Waals surface area contributed by atoms with Gasteiger partial charge in [0.2, 0.25) is 0 Å². The standard InChI is InChI=1S/C14H19N3O3/c1-10-11(5-4-8-15-10)17-13(20)16-9-14(12(18)19)6-2-3-7-14/h4-5,8H,2-3,6-7,9H2,1H3,(H,18,19)(H2,16,17,20). The number of aromatic nitrogens is 1. The van der Waals surface area contributed by atoms with Crippen LogP contribution in [0.5, 0.6) is 0 Å². The molecule has 1 heterocycles. The van der Waals surface area contributed by atoms with Crippen LogP contribution in [0.2, 0.25) is 0 Å². The van der Waals surface area contributed by atoms with E-state index in [1.807, 2.05) is 0 Å². The van der Waals surface area contributed by atoms with E-state index in [4.69, 9.17) is 0 Å². The number of carbonyl (C=O) groups is 2. The Morgan fingerprint density at radius 2 is 2.10 bits per heavy atom. The van der Waals surface area contributed by atoms with Crippen LogP contribution in [-0.4, -0.2) is 28.6 Å². The zero-order chi connectivity index (χ0) is 14.6. The van der Waals surface area contributed by atoms with Crippen molar-refractivity contribution in [2.24, 2.45) is 5.41 Å². The molecule has 0 saturated heterocycles. The van der Waals surface area contributed by atoms with E-state index in [2.05, 4.69) is 15.6 Å². The summed E-state index contributed by atoms with van der Waals surface area (Å²) >= 11 is 0. The second-order valence-corrected chi connectivity index (χ2v) is 5.24. The van der Waals surface area contributed by atoms with Gasteiger partial charge in [-0.15, -0.1) is 0 Å². The van der Waals surface area contributed by atoms with Gasteiger partial charge in [-0.1, -0.05) is 12.8 Å². The molecule has 3 N–H and O–H groups in total. The number of carbonyl (C=O) groups excluding carboxylic acids is 1. The summed E-state index contributed by atoms with van der Waals surface area (Å²) in [5, 5.41) is 14.7. The number of amides is 2. The molecule has 0 atom stereocenters. The van der Waals surface area contributed by atoms with Gasteiger partial charge in [0.25, 0.3) is 0 Å². The number of nitrogens with zero attached hydrogens (tertiary/aromatic N) is 1. The molecular formula is C14H19N3O3. The number of rotatable bonds is 4. The summed E-state index contributed by atoms with van der Waals surface area (Å²) in [6.07, 6.45) is 4.69. The smallest absolute Gasteiger partial charge is 0.319 e. The number of urea groups is 1. The van der Waals surface area contributed by atoms with Crippen LogP contribution in [0.1, 0.15) is 31.4 Å².